The first-order chi connectivity index (χ1) is 17.7. The zero-order valence-corrected chi connectivity index (χ0v) is 19.4. The molecular weight excluding hydrogens is 458 g/mol. The standard InChI is InChI=1S/C27H25N5O4/c33-27(28-19-11-13-21(14-12-19)36-20-9-5-2-6-10-20)29-23-16-34-26-24(17-35-25(23)26)32-15-22(30-31-32)18-7-3-1-4-8-18/h1-15,23-26H,16-17H2,(H2,28,29,33)/t23-,24+,25-,26+/m0/s1. The molecule has 0 saturated carbocycles. The lowest BCUT2D eigenvalue weighted by Crippen LogP contribution is -2.45. The van der Waals surface area contributed by atoms with Crippen LogP contribution in [-0.4, -0.2) is 52.5 Å². The van der Waals surface area contributed by atoms with Gasteiger partial charge < -0.3 is 24.8 Å². The molecule has 2 saturated heterocycles. The summed E-state index contributed by atoms with van der Waals surface area (Å²) in [6.07, 6.45) is 1.44. The molecule has 1 aromatic heterocycles. The zero-order chi connectivity index (χ0) is 24.3. The normalized spacial score (nSPS) is 22.7. The second-order valence-electron chi connectivity index (χ2n) is 8.76. The largest absolute Gasteiger partial charge is 0.457 e. The number of para-hydroxylation sites is 1. The number of amides is 2. The second kappa shape index (κ2) is 9.80. The maximum absolute atomic E-state index is 12.7. The number of urea groups is 1. The fourth-order valence-electron chi connectivity index (χ4n) is 4.58. The summed E-state index contributed by atoms with van der Waals surface area (Å²) in [6.45, 7) is 0.805. The molecule has 9 nitrogen and oxygen atoms in total. The molecule has 2 N–H and O–H groups in total. The van der Waals surface area contributed by atoms with E-state index in [1.165, 1.54) is 0 Å². The van der Waals surface area contributed by atoms with Gasteiger partial charge in [-0.15, -0.1) is 5.10 Å². The number of hydrogen-bond acceptors (Lipinski definition) is 6. The molecule has 4 aromatic rings. The van der Waals surface area contributed by atoms with E-state index in [4.69, 9.17) is 14.2 Å². The van der Waals surface area contributed by atoms with Crippen LogP contribution in [0.15, 0.2) is 91.1 Å². The average Bonchev–Trinajstić information content (AvgIpc) is 3.64. The summed E-state index contributed by atoms with van der Waals surface area (Å²) >= 11 is 0. The number of fused-ring (bicyclic) bond motifs is 1. The van der Waals surface area contributed by atoms with E-state index < -0.39 is 0 Å². The summed E-state index contributed by atoms with van der Waals surface area (Å²) in [6, 6.07) is 26.0. The Morgan fingerprint density at radius 1 is 0.861 bits per heavy atom. The molecule has 0 spiro atoms. The van der Waals surface area contributed by atoms with Gasteiger partial charge in [0.1, 0.15) is 35.4 Å². The highest BCUT2D eigenvalue weighted by atomic mass is 16.6. The highest BCUT2D eigenvalue weighted by Gasteiger charge is 2.49. The molecule has 0 unspecified atom stereocenters. The summed E-state index contributed by atoms with van der Waals surface area (Å²) < 4.78 is 19.6. The first-order valence-corrected chi connectivity index (χ1v) is 11.8. The predicted octanol–water partition coefficient (Wildman–Crippen LogP) is 4.27. The van der Waals surface area contributed by atoms with Crippen molar-refractivity contribution in [2.45, 2.75) is 24.3 Å². The molecule has 2 aliphatic heterocycles. The van der Waals surface area contributed by atoms with Gasteiger partial charge in [0, 0.05) is 11.3 Å². The van der Waals surface area contributed by atoms with E-state index >= 15 is 0 Å². The van der Waals surface area contributed by atoms with Gasteiger partial charge in [-0.1, -0.05) is 53.7 Å². The number of aromatic nitrogens is 3. The Bertz CT molecular complexity index is 1310. The Morgan fingerprint density at radius 2 is 1.56 bits per heavy atom. The third-order valence-corrected chi connectivity index (χ3v) is 6.35. The highest BCUT2D eigenvalue weighted by Crippen LogP contribution is 2.34. The van der Waals surface area contributed by atoms with Gasteiger partial charge in [-0.2, -0.15) is 0 Å². The van der Waals surface area contributed by atoms with Crippen LogP contribution in [0.1, 0.15) is 6.04 Å². The molecule has 2 aliphatic rings. The van der Waals surface area contributed by atoms with Crippen LogP contribution < -0.4 is 15.4 Å². The van der Waals surface area contributed by atoms with Crippen molar-refractivity contribution in [2.75, 3.05) is 18.5 Å². The number of benzene rings is 3. The summed E-state index contributed by atoms with van der Waals surface area (Å²) in [4.78, 5) is 12.7. The quantitative estimate of drug-likeness (QED) is 0.425. The van der Waals surface area contributed by atoms with Gasteiger partial charge in [0.25, 0.3) is 0 Å². The van der Waals surface area contributed by atoms with Gasteiger partial charge in [-0.3, -0.25) is 0 Å². The molecule has 182 valence electrons. The number of rotatable bonds is 6. The molecule has 0 bridgehead atoms. The Kier molecular flexibility index (Phi) is 6.06. The Morgan fingerprint density at radius 3 is 2.33 bits per heavy atom. The lowest BCUT2D eigenvalue weighted by atomic mass is 10.1. The molecule has 4 atom stereocenters. The number of hydrogen-bond donors (Lipinski definition) is 2. The van der Waals surface area contributed by atoms with Crippen LogP contribution in [-0.2, 0) is 9.47 Å². The number of carbonyl (C=O) groups is 1. The first kappa shape index (κ1) is 22.3. The molecule has 0 aliphatic carbocycles. The van der Waals surface area contributed by atoms with Crippen molar-refractivity contribution in [3.8, 4) is 22.8 Å². The molecule has 0 radical (unpaired) electrons. The van der Waals surface area contributed by atoms with Crippen molar-refractivity contribution in [1.82, 2.24) is 20.3 Å². The molecule has 2 amide bonds. The molecule has 2 fully saturated rings. The van der Waals surface area contributed by atoms with Gasteiger partial charge in [-0.25, -0.2) is 9.48 Å². The average molecular weight is 484 g/mol. The minimum Gasteiger partial charge on any atom is -0.457 e. The maximum Gasteiger partial charge on any atom is 0.319 e. The van der Waals surface area contributed by atoms with Gasteiger partial charge >= 0.3 is 6.03 Å². The Labute approximate surface area is 208 Å². The lowest BCUT2D eigenvalue weighted by Gasteiger charge is -2.18. The number of nitrogens with one attached hydrogen (secondary N) is 2. The van der Waals surface area contributed by atoms with Gasteiger partial charge in [0.15, 0.2) is 0 Å². The number of ether oxygens (including phenoxy) is 3. The van der Waals surface area contributed by atoms with Crippen LogP contribution in [0.5, 0.6) is 11.5 Å². The maximum atomic E-state index is 12.7. The van der Waals surface area contributed by atoms with E-state index in [1.807, 2.05) is 79.0 Å². The van der Waals surface area contributed by atoms with Crippen LogP contribution in [0.25, 0.3) is 11.3 Å². The zero-order valence-electron chi connectivity index (χ0n) is 19.4. The minimum absolute atomic E-state index is 0.105. The molecule has 6 rings (SSSR count). The Balaban J connectivity index is 1.04. The van der Waals surface area contributed by atoms with Gasteiger partial charge in [0.2, 0.25) is 0 Å². The number of anilines is 1. The topological polar surface area (TPSA) is 99.5 Å². The van der Waals surface area contributed by atoms with E-state index in [9.17, 15) is 4.79 Å². The molecule has 9 heteroatoms. The monoisotopic (exact) mass is 483 g/mol. The summed E-state index contributed by atoms with van der Waals surface area (Å²) in [7, 11) is 0. The van der Waals surface area contributed by atoms with E-state index in [0.717, 1.165) is 17.0 Å². The van der Waals surface area contributed by atoms with Gasteiger partial charge in [-0.05, 0) is 36.4 Å². The van der Waals surface area contributed by atoms with Crippen molar-refractivity contribution >= 4 is 11.7 Å². The third-order valence-electron chi connectivity index (χ3n) is 6.35. The van der Waals surface area contributed by atoms with Gasteiger partial charge in [0.05, 0.1) is 25.5 Å². The highest BCUT2D eigenvalue weighted by molar-refractivity contribution is 5.89. The summed E-state index contributed by atoms with van der Waals surface area (Å²) in [5.41, 5.74) is 2.46. The number of nitrogens with zero attached hydrogens (tertiary/aromatic N) is 3. The molecule has 3 aromatic carbocycles. The van der Waals surface area contributed by atoms with Crippen molar-refractivity contribution < 1.29 is 19.0 Å². The van der Waals surface area contributed by atoms with Crippen molar-refractivity contribution in [2.24, 2.45) is 0 Å². The van der Waals surface area contributed by atoms with Crippen LogP contribution >= 0.6 is 0 Å². The summed E-state index contributed by atoms with van der Waals surface area (Å²) in [5.74, 6) is 1.44. The van der Waals surface area contributed by atoms with Crippen molar-refractivity contribution in [1.29, 1.82) is 0 Å². The van der Waals surface area contributed by atoms with Crippen LogP contribution in [0.4, 0.5) is 10.5 Å². The van der Waals surface area contributed by atoms with E-state index in [0.29, 0.717) is 24.7 Å². The third kappa shape index (κ3) is 4.66. The summed E-state index contributed by atoms with van der Waals surface area (Å²) in [5, 5.41) is 14.4. The fraction of sp³-hybridized carbons (Fsp3) is 0.222. The van der Waals surface area contributed by atoms with E-state index in [2.05, 4.69) is 20.9 Å². The fourth-order valence-corrected chi connectivity index (χ4v) is 4.58. The molecule has 3 heterocycles. The SMILES string of the molecule is O=C(Nc1ccc(Oc2ccccc2)cc1)N[C@H]1CO[C@H]2[C@H]1OC[C@H]2n1cc(-c2ccccc2)nn1. The predicted molar refractivity (Wildman–Crippen MR) is 133 cm³/mol. The van der Waals surface area contributed by atoms with Crippen molar-refractivity contribution in [3.63, 3.8) is 0 Å². The van der Waals surface area contributed by atoms with Crippen LogP contribution in [0.3, 0.4) is 0 Å². The smallest absolute Gasteiger partial charge is 0.319 e. The van der Waals surface area contributed by atoms with Crippen LogP contribution in [0, 0.1) is 0 Å². The molecular formula is C27H25N5O4. The van der Waals surface area contributed by atoms with Crippen molar-refractivity contribution in [3.05, 3.63) is 91.1 Å². The lowest BCUT2D eigenvalue weighted by molar-refractivity contribution is 0.0622. The second-order valence-corrected chi connectivity index (χ2v) is 8.76. The minimum atomic E-state index is -0.319. The van der Waals surface area contributed by atoms with E-state index in [-0.39, 0.29) is 30.3 Å². The Hall–Kier alpha value is -4.21. The first-order valence-electron chi connectivity index (χ1n) is 11.8. The van der Waals surface area contributed by atoms with Crippen LogP contribution in [0.2, 0.25) is 0 Å². The molecule has 36 heavy (non-hydrogen) atoms. The number of carbonyl (C=O) groups excluding carboxylic acids is 1. The van der Waals surface area contributed by atoms with E-state index in [1.54, 1.807) is 16.8 Å².